The second-order valence-electron chi connectivity index (χ2n) is 4.41. The highest BCUT2D eigenvalue weighted by Gasteiger charge is 2.43. The Morgan fingerprint density at radius 1 is 1.44 bits per heavy atom. The molecule has 0 fully saturated rings. The van der Waals surface area contributed by atoms with E-state index in [2.05, 4.69) is 0 Å². The van der Waals surface area contributed by atoms with Crippen molar-refractivity contribution in [2.75, 3.05) is 0 Å². The Morgan fingerprint density at radius 3 is 2.75 bits per heavy atom. The monoisotopic (exact) mass is 244 g/mol. The van der Waals surface area contributed by atoms with E-state index in [-0.39, 0.29) is 18.6 Å². The molecule has 1 aromatic carbocycles. The predicted octanol–water partition coefficient (Wildman–Crippen LogP) is 3.38. The van der Waals surface area contributed by atoms with E-state index in [4.69, 9.17) is 11.6 Å². The third-order valence-electron chi connectivity index (χ3n) is 3.12. The van der Waals surface area contributed by atoms with E-state index in [1.165, 1.54) is 6.92 Å². The lowest BCUT2D eigenvalue weighted by Gasteiger charge is -2.34. The number of halogens is 3. The largest absolute Gasteiger partial charge is 0.299 e. The Morgan fingerprint density at radius 2 is 2.12 bits per heavy atom. The van der Waals surface area contributed by atoms with Crippen molar-refractivity contribution in [3.05, 3.63) is 34.3 Å². The molecule has 1 unspecified atom stereocenters. The number of carbonyl (C=O) groups excluding carboxylic acids is 1. The van der Waals surface area contributed by atoms with Crippen LogP contribution in [0.5, 0.6) is 0 Å². The molecular formula is C12H11ClF2O. The molecule has 0 aromatic heterocycles. The van der Waals surface area contributed by atoms with Crippen molar-refractivity contribution in [2.24, 2.45) is 0 Å². The van der Waals surface area contributed by atoms with Crippen LogP contribution in [0.15, 0.2) is 18.2 Å². The Bertz CT molecular complexity index is 445. The second kappa shape index (κ2) is 3.81. The molecule has 0 spiro atoms. The lowest BCUT2D eigenvalue weighted by molar-refractivity contribution is -0.122. The van der Waals surface area contributed by atoms with E-state index in [1.807, 2.05) is 0 Å². The molecular weight excluding hydrogens is 234 g/mol. The van der Waals surface area contributed by atoms with Crippen molar-refractivity contribution in [2.45, 2.75) is 31.6 Å². The predicted molar refractivity (Wildman–Crippen MR) is 58.1 cm³/mol. The fourth-order valence-corrected chi connectivity index (χ4v) is 2.43. The zero-order valence-corrected chi connectivity index (χ0v) is 9.52. The van der Waals surface area contributed by atoms with Crippen LogP contribution >= 0.6 is 11.6 Å². The zero-order valence-electron chi connectivity index (χ0n) is 8.77. The van der Waals surface area contributed by atoms with Crippen molar-refractivity contribution in [1.82, 2.24) is 0 Å². The molecule has 1 atom stereocenters. The van der Waals surface area contributed by atoms with Gasteiger partial charge >= 0.3 is 0 Å². The van der Waals surface area contributed by atoms with Gasteiger partial charge in [0.05, 0.1) is 5.41 Å². The normalized spacial score (nSPS) is 24.7. The maximum Gasteiger partial charge on any atom is 0.248 e. The highest BCUT2D eigenvalue weighted by molar-refractivity contribution is 6.30. The molecule has 1 aliphatic carbocycles. The standard InChI is InChI=1S/C12H11ClF2O/c1-12(11(14)15)6-9(16)5-7-4-8(13)2-3-10(7)12/h2-4,11H,5-6H2,1H3. The van der Waals surface area contributed by atoms with Gasteiger partial charge in [0.25, 0.3) is 0 Å². The molecule has 0 saturated heterocycles. The fourth-order valence-electron chi connectivity index (χ4n) is 2.24. The minimum atomic E-state index is -2.54. The number of rotatable bonds is 1. The lowest BCUT2D eigenvalue weighted by Crippen LogP contribution is -2.38. The second-order valence-corrected chi connectivity index (χ2v) is 4.85. The summed E-state index contributed by atoms with van der Waals surface area (Å²) in [5.74, 6) is -0.155. The number of hydrogen-bond acceptors (Lipinski definition) is 1. The van der Waals surface area contributed by atoms with Gasteiger partial charge in [-0.3, -0.25) is 4.79 Å². The van der Waals surface area contributed by atoms with Crippen molar-refractivity contribution in [3.63, 3.8) is 0 Å². The van der Waals surface area contributed by atoms with Crippen LogP contribution < -0.4 is 0 Å². The molecule has 0 aliphatic heterocycles. The highest BCUT2D eigenvalue weighted by Crippen LogP contribution is 2.41. The maximum atomic E-state index is 13.1. The van der Waals surface area contributed by atoms with Crippen LogP contribution in [0.1, 0.15) is 24.5 Å². The van der Waals surface area contributed by atoms with Gasteiger partial charge in [0, 0.05) is 17.9 Å². The Kier molecular flexibility index (Phi) is 2.74. The number of carbonyl (C=O) groups is 1. The van der Waals surface area contributed by atoms with Crippen molar-refractivity contribution in [3.8, 4) is 0 Å². The van der Waals surface area contributed by atoms with E-state index in [0.29, 0.717) is 16.1 Å². The average molecular weight is 245 g/mol. The first kappa shape index (κ1) is 11.5. The van der Waals surface area contributed by atoms with Crippen LogP contribution in [-0.2, 0) is 16.6 Å². The summed E-state index contributed by atoms with van der Waals surface area (Å²) in [4.78, 5) is 11.5. The van der Waals surface area contributed by atoms with E-state index < -0.39 is 11.8 Å². The molecule has 0 N–H and O–H groups in total. The molecule has 1 aliphatic rings. The molecule has 0 radical (unpaired) electrons. The summed E-state index contributed by atoms with van der Waals surface area (Å²) in [6, 6.07) is 4.81. The van der Waals surface area contributed by atoms with Gasteiger partial charge in [-0.1, -0.05) is 17.7 Å². The highest BCUT2D eigenvalue weighted by atomic mass is 35.5. The Labute approximate surface area is 97.4 Å². The summed E-state index contributed by atoms with van der Waals surface area (Å²) in [6.07, 6.45) is -2.44. The first-order chi connectivity index (χ1) is 7.43. The van der Waals surface area contributed by atoms with E-state index >= 15 is 0 Å². The van der Waals surface area contributed by atoms with Gasteiger partial charge in [-0.05, 0) is 30.2 Å². The SMILES string of the molecule is CC1(C(F)F)CC(=O)Cc2cc(Cl)ccc21. The van der Waals surface area contributed by atoms with E-state index in [0.717, 1.165) is 0 Å². The summed E-state index contributed by atoms with van der Waals surface area (Å²) in [6.45, 7) is 1.43. The lowest BCUT2D eigenvalue weighted by atomic mass is 9.71. The van der Waals surface area contributed by atoms with E-state index in [9.17, 15) is 13.6 Å². The topological polar surface area (TPSA) is 17.1 Å². The van der Waals surface area contributed by atoms with Crippen molar-refractivity contribution in [1.29, 1.82) is 0 Å². The Balaban J connectivity index is 2.58. The van der Waals surface area contributed by atoms with Gasteiger partial charge in [-0.2, -0.15) is 0 Å². The van der Waals surface area contributed by atoms with Gasteiger partial charge < -0.3 is 0 Å². The molecule has 1 aromatic rings. The molecule has 86 valence electrons. The summed E-state index contributed by atoms with van der Waals surface area (Å²) in [5, 5.41) is 0.477. The van der Waals surface area contributed by atoms with E-state index in [1.54, 1.807) is 18.2 Å². The molecule has 16 heavy (non-hydrogen) atoms. The van der Waals surface area contributed by atoms with Gasteiger partial charge in [-0.25, -0.2) is 8.78 Å². The van der Waals surface area contributed by atoms with Gasteiger partial charge in [0.2, 0.25) is 6.43 Å². The Hall–Kier alpha value is -0.960. The number of Topliss-reactive ketones (excluding diaryl/α,β-unsaturated/α-hetero) is 1. The van der Waals surface area contributed by atoms with Gasteiger partial charge in [0.15, 0.2) is 0 Å². The number of benzene rings is 1. The van der Waals surface area contributed by atoms with Crippen LogP contribution in [0.2, 0.25) is 5.02 Å². The summed E-state index contributed by atoms with van der Waals surface area (Å²) < 4.78 is 26.1. The number of alkyl halides is 2. The zero-order chi connectivity index (χ0) is 11.9. The first-order valence-corrected chi connectivity index (χ1v) is 5.40. The molecule has 0 saturated carbocycles. The molecule has 1 nitrogen and oxygen atoms in total. The molecule has 2 rings (SSSR count). The van der Waals surface area contributed by atoms with Gasteiger partial charge in [-0.15, -0.1) is 0 Å². The van der Waals surface area contributed by atoms with Gasteiger partial charge in [0.1, 0.15) is 5.78 Å². The molecule has 0 bridgehead atoms. The minimum absolute atomic E-state index is 0.0979. The number of ketones is 1. The molecule has 0 heterocycles. The average Bonchev–Trinajstić information content (AvgIpc) is 2.15. The van der Waals surface area contributed by atoms with Crippen LogP contribution in [0, 0.1) is 0 Å². The number of fused-ring (bicyclic) bond motifs is 1. The fraction of sp³-hybridized carbons (Fsp3) is 0.417. The summed E-state index contributed by atoms with van der Waals surface area (Å²) >= 11 is 5.80. The first-order valence-electron chi connectivity index (χ1n) is 5.02. The van der Waals surface area contributed by atoms with Crippen LogP contribution in [-0.4, -0.2) is 12.2 Å². The summed E-state index contributed by atoms with van der Waals surface area (Å²) in [5.41, 5.74) is -0.187. The van der Waals surface area contributed by atoms with Crippen molar-refractivity contribution < 1.29 is 13.6 Å². The summed E-state index contributed by atoms with van der Waals surface area (Å²) in [7, 11) is 0. The smallest absolute Gasteiger partial charge is 0.248 e. The third kappa shape index (κ3) is 1.73. The minimum Gasteiger partial charge on any atom is -0.299 e. The number of hydrogen-bond donors (Lipinski definition) is 0. The molecule has 0 amide bonds. The van der Waals surface area contributed by atoms with Crippen LogP contribution in [0.4, 0.5) is 8.78 Å². The van der Waals surface area contributed by atoms with Crippen molar-refractivity contribution >= 4 is 17.4 Å². The van der Waals surface area contributed by atoms with Crippen LogP contribution in [0.3, 0.4) is 0 Å². The molecule has 4 heteroatoms. The maximum absolute atomic E-state index is 13.1. The third-order valence-corrected chi connectivity index (χ3v) is 3.35. The van der Waals surface area contributed by atoms with Crippen LogP contribution in [0.25, 0.3) is 0 Å². The quantitative estimate of drug-likeness (QED) is 0.740.